The zero-order chi connectivity index (χ0) is 25.2. The van der Waals surface area contributed by atoms with E-state index in [0.29, 0.717) is 6.61 Å². The van der Waals surface area contributed by atoms with Gasteiger partial charge in [-0.1, -0.05) is 30.3 Å². The van der Waals surface area contributed by atoms with Crippen molar-refractivity contribution in [1.29, 1.82) is 0 Å². The molecule has 0 bridgehead atoms. The van der Waals surface area contributed by atoms with Crippen molar-refractivity contribution in [2.24, 2.45) is 0 Å². The van der Waals surface area contributed by atoms with Gasteiger partial charge in [0.25, 0.3) is 5.91 Å². The average molecular weight is 491 g/mol. The third-order valence-corrected chi connectivity index (χ3v) is 5.98. The van der Waals surface area contributed by atoms with Crippen LogP contribution in [0.1, 0.15) is 22.8 Å². The van der Waals surface area contributed by atoms with Crippen molar-refractivity contribution in [3.63, 3.8) is 0 Å². The Labute approximate surface area is 199 Å². The van der Waals surface area contributed by atoms with E-state index in [1.807, 2.05) is 30.3 Å². The molecule has 2 aliphatic heterocycles. The summed E-state index contributed by atoms with van der Waals surface area (Å²) in [6, 6.07) is 12.3. The lowest BCUT2D eigenvalue weighted by molar-refractivity contribution is -0.274. The molecule has 2 heterocycles. The fourth-order valence-electron chi connectivity index (χ4n) is 4.14. The molecule has 2 aromatic rings. The molecule has 2 aliphatic rings. The lowest BCUT2D eigenvalue weighted by Gasteiger charge is -2.46. The number of hydrogen-bond acceptors (Lipinski definition) is 5. The zero-order valence-electron chi connectivity index (χ0n) is 18.8. The average Bonchev–Trinajstić information content (AvgIpc) is 2.84. The summed E-state index contributed by atoms with van der Waals surface area (Å²) in [5, 5.41) is 2.71. The van der Waals surface area contributed by atoms with Gasteiger partial charge in [0.15, 0.2) is 0 Å². The van der Waals surface area contributed by atoms with Crippen LogP contribution in [0.2, 0.25) is 0 Å². The van der Waals surface area contributed by atoms with Gasteiger partial charge in [-0.3, -0.25) is 14.4 Å². The van der Waals surface area contributed by atoms with Crippen molar-refractivity contribution >= 4 is 17.7 Å². The SMILES string of the molecule is C[C@@H](OCc1ccccc1)[C@@H]1NC(=O)[C@H]2CN(C(=O)c3ccc(OC(F)(F)F)cc3)CCN2C1=O. The Morgan fingerprint density at radius 2 is 1.77 bits per heavy atom. The molecule has 3 amide bonds. The highest BCUT2D eigenvalue weighted by molar-refractivity contribution is 5.99. The monoisotopic (exact) mass is 491 g/mol. The first-order valence-corrected chi connectivity index (χ1v) is 11.0. The van der Waals surface area contributed by atoms with Crippen molar-refractivity contribution in [2.75, 3.05) is 19.6 Å². The normalized spacial score (nSPS) is 21.3. The Balaban J connectivity index is 1.36. The predicted molar refractivity (Wildman–Crippen MR) is 117 cm³/mol. The zero-order valence-corrected chi connectivity index (χ0v) is 18.8. The predicted octanol–water partition coefficient (Wildman–Crippen LogP) is 2.34. The molecule has 2 saturated heterocycles. The van der Waals surface area contributed by atoms with E-state index in [0.717, 1.165) is 17.7 Å². The highest BCUT2D eigenvalue weighted by Gasteiger charge is 2.46. The maximum Gasteiger partial charge on any atom is 0.573 e. The van der Waals surface area contributed by atoms with Crippen molar-refractivity contribution in [3.8, 4) is 5.75 Å². The number of carbonyl (C=O) groups excluding carboxylic acids is 3. The molecule has 1 N–H and O–H groups in total. The van der Waals surface area contributed by atoms with Crippen molar-refractivity contribution in [3.05, 3.63) is 65.7 Å². The van der Waals surface area contributed by atoms with Crippen LogP contribution in [0, 0.1) is 0 Å². The molecule has 2 aromatic carbocycles. The number of piperazine rings is 2. The number of alkyl halides is 3. The van der Waals surface area contributed by atoms with E-state index in [2.05, 4.69) is 10.1 Å². The number of ether oxygens (including phenoxy) is 2. The molecule has 8 nitrogen and oxygen atoms in total. The van der Waals surface area contributed by atoms with Crippen LogP contribution in [0.25, 0.3) is 0 Å². The maximum absolute atomic E-state index is 13.1. The van der Waals surface area contributed by atoms with E-state index in [9.17, 15) is 27.6 Å². The van der Waals surface area contributed by atoms with Crippen molar-refractivity contribution < 1.29 is 37.0 Å². The first-order valence-electron chi connectivity index (χ1n) is 11.0. The van der Waals surface area contributed by atoms with Gasteiger partial charge in [-0.2, -0.15) is 0 Å². The minimum atomic E-state index is -4.83. The number of rotatable bonds is 6. The number of carbonyl (C=O) groups is 3. The summed E-state index contributed by atoms with van der Waals surface area (Å²) >= 11 is 0. The molecule has 186 valence electrons. The van der Waals surface area contributed by atoms with Gasteiger partial charge in [-0.15, -0.1) is 13.2 Å². The molecule has 0 spiro atoms. The Bertz CT molecular complexity index is 1080. The third-order valence-electron chi connectivity index (χ3n) is 5.98. The number of nitrogens with one attached hydrogen (secondary N) is 1. The van der Waals surface area contributed by atoms with Gasteiger partial charge in [-0.25, -0.2) is 0 Å². The number of hydrogen-bond donors (Lipinski definition) is 1. The third kappa shape index (κ3) is 5.73. The molecule has 0 aromatic heterocycles. The number of amides is 3. The van der Waals surface area contributed by atoms with Crippen molar-refractivity contribution in [2.45, 2.75) is 38.1 Å². The van der Waals surface area contributed by atoms with Gasteiger partial charge in [0.1, 0.15) is 17.8 Å². The fourth-order valence-corrected chi connectivity index (χ4v) is 4.14. The quantitative estimate of drug-likeness (QED) is 0.671. The maximum atomic E-state index is 13.1. The van der Waals surface area contributed by atoms with E-state index in [1.54, 1.807) is 6.92 Å². The van der Waals surface area contributed by atoms with Gasteiger partial charge in [-0.05, 0) is 36.8 Å². The lowest BCUT2D eigenvalue weighted by atomic mass is 10.0. The largest absolute Gasteiger partial charge is 0.573 e. The van der Waals surface area contributed by atoms with Crippen LogP contribution in [-0.4, -0.2) is 71.7 Å². The standard InChI is InChI=1S/C24H24F3N3O5/c1-15(34-14-16-5-3-2-4-6-16)20-23(33)30-12-11-29(13-19(30)21(31)28-20)22(32)17-7-9-18(10-8-17)35-24(25,26)27/h2-10,15,19-20H,11-14H2,1H3,(H,28,31)/t15-,19-,20+/m1/s1. The van der Waals surface area contributed by atoms with Gasteiger partial charge >= 0.3 is 6.36 Å². The van der Waals surface area contributed by atoms with Crippen LogP contribution < -0.4 is 10.1 Å². The van der Waals surface area contributed by atoms with E-state index < -0.39 is 42.1 Å². The Morgan fingerprint density at radius 3 is 2.43 bits per heavy atom. The van der Waals surface area contributed by atoms with Crippen LogP contribution in [0.3, 0.4) is 0 Å². The lowest BCUT2D eigenvalue weighted by Crippen LogP contribution is -2.71. The molecule has 4 rings (SSSR count). The summed E-state index contributed by atoms with van der Waals surface area (Å²) in [6.07, 6.45) is -5.39. The summed E-state index contributed by atoms with van der Waals surface area (Å²) in [7, 11) is 0. The molecule has 11 heteroatoms. The van der Waals surface area contributed by atoms with Crippen LogP contribution in [-0.2, 0) is 20.9 Å². The second kappa shape index (κ2) is 9.95. The van der Waals surface area contributed by atoms with E-state index in [4.69, 9.17) is 4.74 Å². The Kier molecular flexibility index (Phi) is 6.97. The highest BCUT2D eigenvalue weighted by atomic mass is 19.4. The van der Waals surface area contributed by atoms with Gasteiger partial charge in [0, 0.05) is 18.7 Å². The highest BCUT2D eigenvalue weighted by Crippen LogP contribution is 2.24. The number of fused-ring (bicyclic) bond motifs is 1. The topological polar surface area (TPSA) is 88.2 Å². The summed E-state index contributed by atoms with van der Waals surface area (Å²) in [5.41, 5.74) is 1.09. The summed E-state index contributed by atoms with van der Waals surface area (Å²) in [4.78, 5) is 41.6. The smallest absolute Gasteiger partial charge is 0.406 e. The van der Waals surface area contributed by atoms with Crippen LogP contribution in [0.15, 0.2) is 54.6 Å². The fraction of sp³-hybridized carbons (Fsp3) is 0.375. The molecule has 0 saturated carbocycles. The van der Waals surface area contributed by atoms with Crippen molar-refractivity contribution in [1.82, 2.24) is 15.1 Å². The number of halogens is 3. The molecule has 0 unspecified atom stereocenters. The molecule has 35 heavy (non-hydrogen) atoms. The van der Waals surface area contributed by atoms with E-state index >= 15 is 0 Å². The second-order valence-electron chi connectivity index (χ2n) is 8.36. The van der Waals surface area contributed by atoms with E-state index in [1.165, 1.54) is 21.9 Å². The molecular weight excluding hydrogens is 467 g/mol. The van der Waals surface area contributed by atoms with Gasteiger partial charge in [0.2, 0.25) is 11.8 Å². The van der Waals surface area contributed by atoms with Gasteiger partial charge in [0.05, 0.1) is 19.3 Å². The minimum Gasteiger partial charge on any atom is -0.406 e. The molecule has 2 fully saturated rings. The first-order chi connectivity index (χ1) is 16.6. The van der Waals surface area contributed by atoms with Gasteiger partial charge < -0.3 is 24.6 Å². The molecule has 0 radical (unpaired) electrons. The minimum absolute atomic E-state index is 0.0246. The van der Waals surface area contributed by atoms with Crippen LogP contribution in [0.4, 0.5) is 13.2 Å². The summed E-state index contributed by atoms with van der Waals surface area (Å²) in [6.45, 7) is 2.32. The first kappa shape index (κ1) is 24.5. The molecular formula is C24H24F3N3O5. The summed E-state index contributed by atoms with van der Waals surface area (Å²) in [5.74, 6) is -1.57. The summed E-state index contributed by atoms with van der Waals surface area (Å²) < 4.78 is 46.7. The Hall–Kier alpha value is -3.60. The van der Waals surface area contributed by atoms with Crippen LogP contribution in [0.5, 0.6) is 5.75 Å². The second-order valence-corrected chi connectivity index (χ2v) is 8.36. The van der Waals surface area contributed by atoms with E-state index in [-0.39, 0.29) is 31.1 Å². The Morgan fingerprint density at radius 1 is 1.09 bits per heavy atom. The molecule has 0 aliphatic carbocycles. The van der Waals surface area contributed by atoms with Crippen LogP contribution >= 0.6 is 0 Å². The number of benzene rings is 2. The number of nitrogens with zero attached hydrogens (tertiary/aromatic N) is 2. The molecule has 3 atom stereocenters.